The number of aromatic nitrogens is 1. The van der Waals surface area contributed by atoms with Crippen LogP contribution >= 0.6 is 11.6 Å². The van der Waals surface area contributed by atoms with Gasteiger partial charge in [-0.1, -0.05) is 24.9 Å². The third kappa shape index (κ3) is 4.17. The standard InChI is InChI=1S/C16H24ClN3O/c1-4-6-13-9-12(10-15(17)18-13)16(21)20-8-5-7-14(20)11-19(2)3/h9-10,14H,4-8,11H2,1-3H3. The summed E-state index contributed by atoms with van der Waals surface area (Å²) >= 11 is 6.07. The average molecular weight is 310 g/mol. The van der Waals surface area contributed by atoms with Crippen molar-refractivity contribution in [1.82, 2.24) is 14.8 Å². The maximum atomic E-state index is 12.8. The van der Waals surface area contributed by atoms with Crippen LogP contribution in [0.4, 0.5) is 0 Å². The summed E-state index contributed by atoms with van der Waals surface area (Å²) in [4.78, 5) is 21.2. The Balaban J connectivity index is 2.18. The molecule has 1 aromatic rings. The molecule has 1 atom stereocenters. The number of amides is 1. The van der Waals surface area contributed by atoms with Gasteiger partial charge in [0.05, 0.1) is 0 Å². The Morgan fingerprint density at radius 1 is 1.48 bits per heavy atom. The van der Waals surface area contributed by atoms with Crippen molar-refractivity contribution in [2.75, 3.05) is 27.2 Å². The summed E-state index contributed by atoms with van der Waals surface area (Å²) in [6, 6.07) is 3.88. The zero-order valence-electron chi connectivity index (χ0n) is 13.1. The Bertz CT molecular complexity index is 504. The second-order valence-corrected chi connectivity index (χ2v) is 6.36. The van der Waals surface area contributed by atoms with Crippen LogP contribution in [0.2, 0.25) is 5.15 Å². The first-order valence-electron chi connectivity index (χ1n) is 7.63. The van der Waals surface area contributed by atoms with Gasteiger partial charge in [0.1, 0.15) is 5.15 Å². The Morgan fingerprint density at radius 2 is 2.24 bits per heavy atom. The number of hydrogen-bond acceptors (Lipinski definition) is 3. The molecule has 2 heterocycles. The largest absolute Gasteiger partial charge is 0.334 e. The number of carbonyl (C=O) groups is 1. The highest BCUT2D eigenvalue weighted by Crippen LogP contribution is 2.22. The number of hydrogen-bond donors (Lipinski definition) is 0. The molecule has 0 aliphatic carbocycles. The minimum absolute atomic E-state index is 0.0843. The molecule has 0 spiro atoms. The van der Waals surface area contributed by atoms with E-state index in [0.717, 1.165) is 44.5 Å². The molecule has 0 aromatic carbocycles. The summed E-state index contributed by atoms with van der Waals surface area (Å²) in [5.41, 5.74) is 1.57. The summed E-state index contributed by atoms with van der Waals surface area (Å²) in [6.07, 6.45) is 3.99. The Hall–Kier alpha value is -1.13. The van der Waals surface area contributed by atoms with E-state index in [1.807, 2.05) is 25.1 Å². The van der Waals surface area contributed by atoms with E-state index in [0.29, 0.717) is 16.8 Å². The molecule has 0 bridgehead atoms. The number of halogens is 1. The number of pyridine rings is 1. The molecular weight excluding hydrogens is 286 g/mol. The lowest BCUT2D eigenvalue weighted by Crippen LogP contribution is -2.41. The highest BCUT2D eigenvalue weighted by molar-refractivity contribution is 6.29. The maximum absolute atomic E-state index is 12.8. The molecule has 1 aromatic heterocycles. The first-order valence-corrected chi connectivity index (χ1v) is 8.01. The molecule has 5 heteroatoms. The minimum Gasteiger partial charge on any atom is -0.334 e. The Kier molecular flexibility index (Phi) is 5.59. The fourth-order valence-corrected chi connectivity index (χ4v) is 3.17. The summed E-state index contributed by atoms with van der Waals surface area (Å²) in [6.45, 7) is 3.84. The molecule has 0 N–H and O–H groups in total. The lowest BCUT2D eigenvalue weighted by molar-refractivity contribution is 0.0716. The van der Waals surface area contributed by atoms with Crippen LogP contribution in [-0.4, -0.2) is 53.9 Å². The number of aryl methyl sites for hydroxylation is 1. The zero-order valence-corrected chi connectivity index (χ0v) is 13.9. The van der Waals surface area contributed by atoms with Crippen molar-refractivity contribution >= 4 is 17.5 Å². The molecule has 21 heavy (non-hydrogen) atoms. The van der Waals surface area contributed by atoms with Gasteiger partial charge in [-0.2, -0.15) is 0 Å². The fraction of sp³-hybridized carbons (Fsp3) is 0.625. The molecule has 0 saturated carbocycles. The van der Waals surface area contributed by atoms with E-state index >= 15 is 0 Å². The lowest BCUT2D eigenvalue weighted by atomic mass is 10.1. The van der Waals surface area contributed by atoms with Crippen LogP contribution in [0.15, 0.2) is 12.1 Å². The van der Waals surface area contributed by atoms with Crippen molar-refractivity contribution in [2.45, 2.75) is 38.6 Å². The average Bonchev–Trinajstić information content (AvgIpc) is 2.84. The normalized spacial score (nSPS) is 18.5. The number of nitrogens with zero attached hydrogens (tertiary/aromatic N) is 3. The van der Waals surface area contributed by atoms with Crippen molar-refractivity contribution in [3.05, 3.63) is 28.5 Å². The molecule has 116 valence electrons. The van der Waals surface area contributed by atoms with Gasteiger partial charge >= 0.3 is 0 Å². The van der Waals surface area contributed by atoms with E-state index in [1.54, 1.807) is 6.07 Å². The summed E-state index contributed by atoms with van der Waals surface area (Å²) in [7, 11) is 4.09. The van der Waals surface area contributed by atoms with E-state index in [4.69, 9.17) is 11.6 Å². The quantitative estimate of drug-likeness (QED) is 0.785. The number of likely N-dealkylation sites (N-methyl/N-ethyl adjacent to an activating group) is 1. The molecule has 1 fully saturated rings. The van der Waals surface area contributed by atoms with Crippen LogP contribution in [0, 0.1) is 0 Å². The number of likely N-dealkylation sites (tertiary alicyclic amines) is 1. The second-order valence-electron chi connectivity index (χ2n) is 5.98. The van der Waals surface area contributed by atoms with Gasteiger partial charge in [0.2, 0.25) is 0 Å². The number of carbonyl (C=O) groups excluding carboxylic acids is 1. The van der Waals surface area contributed by atoms with Gasteiger partial charge in [0, 0.05) is 30.4 Å². The summed E-state index contributed by atoms with van der Waals surface area (Å²) in [5.74, 6) is 0.0843. The Morgan fingerprint density at radius 3 is 2.90 bits per heavy atom. The van der Waals surface area contributed by atoms with Gasteiger partial charge in [-0.05, 0) is 45.5 Å². The van der Waals surface area contributed by atoms with Crippen LogP contribution in [0.3, 0.4) is 0 Å². The van der Waals surface area contributed by atoms with Crippen LogP contribution in [0.5, 0.6) is 0 Å². The van der Waals surface area contributed by atoms with Crippen LogP contribution in [-0.2, 0) is 6.42 Å². The van der Waals surface area contributed by atoms with Gasteiger partial charge in [-0.15, -0.1) is 0 Å². The van der Waals surface area contributed by atoms with Gasteiger partial charge in [-0.3, -0.25) is 4.79 Å². The minimum atomic E-state index is 0.0843. The van der Waals surface area contributed by atoms with Gasteiger partial charge < -0.3 is 9.80 Å². The Labute approximate surface area is 132 Å². The van der Waals surface area contributed by atoms with Crippen LogP contribution < -0.4 is 0 Å². The first-order chi connectivity index (χ1) is 10.0. The van der Waals surface area contributed by atoms with Gasteiger partial charge in [0.15, 0.2) is 0 Å². The summed E-state index contributed by atoms with van der Waals surface area (Å²) < 4.78 is 0. The van der Waals surface area contributed by atoms with Gasteiger partial charge in [0.25, 0.3) is 5.91 Å². The highest BCUT2D eigenvalue weighted by atomic mass is 35.5. The van der Waals surface area contributed by atoms with E-state index < -0.39 is 0 Å². The van der Waals surface area contributed by atoms with Crippen molar-refractivity contribution in [3.8, 4) is 0 Å². The monoisotopic (exact) mass is 309 g/mol. The third-order valence-electron chi connectivity index (χ3n) is 3.81. The van der Waals surface area contributed by atoms with Crippen molar-refractivity contribution < 1.29 is 4.79 Å². The van der Waals surface area contributed by atoms with E-state index in [-0.39, 0.29) is 5.91 Å². The van der Waals surface area contributed by atoms with E-state index in [2.05, 4.69) is 16.8 Å². The van der Waals surface area contributed by atoms with Crippen molar-refractivity contribution in [2.24, 2.45) is 0 Å². The third-order valence-corrected chi connectivity index (χ3v) is 4.01. The van der Waals surface area contributed by atoms with E-state index in [9.17, 15) is 4.79 Å². The molecule has 0 radical (unpaired) electrons. The molecule has 1 aliphatic heterocycles. The zero-order chi connectivity index (χ0) is 15.4. The molecule has 2 rings (SSSR count). The SMILES string of the molecule is CCCc1cc(C(=O)N2CCCC2CN(C)C)cc(Cl)n1. The maximum Gasteiger partial charge on any atom is 0.254 e. The molecular formula is C16H24ClN3O. The van der Waals surface area contributed by atoms with E-state index in [1.165, 1.54) is 0 Å². The smallest absolute Gasteiger partial charge is 0.254 e. The summed E-state index contributed by atoms with van der Waals surface area (Å²) in [5, 5.41) is 0.410. The highest BCUT2D eigenvalue weighted by Gasteiger charge is 2.30. The molecule has 1 unspecified atom stereocenters. The fourth-order valence-electron chi connectivity index (χ4n) is 2.94. The van der Waals surface area contributed by atoms with Gasteiger partial charge in [-0.25, -0.2) is 4.98 Å². The molecule has 1 saturated heterocycles. The molecule has 4 nitrogen and oxygen atoms in total. The topological polar surface area (TPSA) is 36.4 Å². The van der Waals surface area contributed by atoms with Crippen LogP contribution in [0.25, 0.3) is 0 Å². The van der Waals surface area contributed by atoms with Crippen LogP contribution in [0.1, 0.15) is 42.2 Å². The predicted molar refractivity (Wildman–Crippen MR) is 85.9 cm³/mol. The predicted octanol–water partition coefficient (Wildman–Crippen LogP) is 2.85. The first kappa shape index (κ1) is 16.2. The van der Waals surface area contributed by atoms with Crippen molar-refractivity contribution in [1.29, 1.82) is 0 Å². The molecule has 1 amide bonds. The molecule has 1 aliphatic rings. The van der Waals surface area contributed by atoms with Crippen molar-refractivity contribution in [3.63, 3.8) is 0 Å². The number of rotatable bonds is 5. The second kappa shape index (κ2) is 7.23. The lowest BCUT2D eigenvalue weighted by Gasteiger charge is -2.27.